The number of benzene rings is 4. The van der Waals surface area contributed by atoms with Gasteiger partial charge in [0.05, 0.1) is 43.5 Å². The van der Waals surface area contributed by atoms with Crippen molar-refractivity contribution in [2.75, 3.05) is 40.9 Å². The number of aryl methyl sites for hydroxylation is 1. The first-order valence-electron chi connectivity index (χ1n) is 27.0. The molecular weight excluding hydrogens is 980 g/mol. The minimum absolute atomic E-state index is 0.0374. The lowest BCUT2D eigenvalue weighted by atomic mass is 9.87. The number of hydrogen-bond acceptors (Lipinski definition) is 9. The monoisotopic (exact) mass is 1050 g/mol. The Kier molecular flexibility index (Phi) is 19.0. The molecule has 76 heavy (non-hydrogen) atoms. The Morgan fingerprint density at radius 2 is 1.43 bits per heavy atom. The number of carbonyl (C=O) groups is 5. The molecule has 3 aliphatic rings. The predicted octanol–water partition coefficient (Wildman–Crippen LogP) is 8.15. The molecule has 2 saturated heterocycles. The Balaban J connectivity index is 1.14. The Bertz CT molecular complexity index is 2780. The van der Waals surface area contributed by atoms with Crippen molar-refractivity contribution in [3.05, 3.63) is 136 Å². The maximum atomic E-state index is 15.4. The van der Waals surface area contributed by atoms with Gasteiger partial charge in [0.25, 0.3) is 0 Å². The van der Waals surface area contributed by atoms with E-state index in [1.807, 2.05) is 98.2 Å². The van der Waals surface area contributed by atoms with Crippen LogP contribution in [0.3, 0.4) is 0 Å². The van der Waals surface area contributed by atoms with Crippen molar-refractivity contribution in [2.24, 2.45) is 13.0 Å². The van der Waals surface area contributed by atoms with E-state index < -0.39 is 41.8 Å². The second-order valence-electron chi connectivity index (χ2n) is 20.9. The van der Waals surface area contributed by atoms with Crippen LogP contribution >= 0.6 is 11.6 Å². The van der Waals surface area contributed by atoms with Gasteiger partial charge in [0, 0.05) is 69.3 Å². The highest BCUT2D eigenvalue weighted by Crippen LogP contribution is 2.33. The van der Waals surface area contributed by atoms with Crippen molar-refractivity contribution in [1.82, 2.24) is 39.8 Å². The highest BCUT2D eigenvalue weighted by molar-refractivity contribution is 6.30. The third-order valence-corrected chi connectivity index (χ3v) is 16.0. The molecule has 2 N–H and O–H groups in total. The zero-order chi connectivity index (χ0) is 53.9. The number of likely N-dealkylation sites (N-methyl/N-ethyl adjacent to an activating group) is 2. The summed E-state index contributed by atoms with van der Waals surface area (Å²) in [5.74, 6) is -0.661. The fourth-order valence-corrected chi connectivity index (χ4v) is 11.2. The highest BCUT2D eigenvalue weighted by atomic mass is 35.5. The van der Waals surface area contributed by atoms with E-state index in [2.05, 4.69) is 27.0 Å². The second-order valence-corrected chi connectivity index (χ2v) is 21.4. The van der Waals surface area contributed by atoms with Gasteiger partial charge < -0.3 is 39.4 Å². The van der Waals surface area contributed by atoms with E-state index in [4.69, 9.17) is 26.1 Å². The first-order valence-corrected chi connectivity index (χ1v) is 27.4. The Morgan fingerprint density at radius 3 is 2.14 bits per heavy atom. The molecule has 2 aliphatic heterocycles. The molecule has 0 bridgehead atoms. The summed E-state index contributed by atoms with van der Waals surface area (Å²) in [6.45, 7) is 6.46. The number of halogens is 1. The van der Waals surface area contributed by atoms with Gasteiger partial charge >= 0.3 is 0 Å². The summed E-state index contributed by atoms with van der Waals surface area (Å²) in [5, 5.41) is 6.75. The summed E-state index contributed by atoms with van der Waals surface area (Å²) >= 11 is 6.26. The lowest BCUT2D eigenvalue weighted by Gasteiger charge is -2.40. The van der Waals surface area contributed by atoms with Crippen LogP contribution in [0.25, 0.3) is 11.3 Å². The zero-order valence-electron chi connectivity index (χ0n) is 45.0. The number of nitrogens with zero attached hydrogens (tertiary/aromatic N) is 6. The van der Waals surface area contributed by atoms with Crippen molar-refractivity contribution < 1.29 is 33.4 Å². The van der Waals surface area contributed by atoms with Gasteiger partial charge in [-0.3, -0.25) is 28.9 Å². The molecule has 15 nitrogen and oxygen atoms in total. The average Bonchev–Trinajstić information content (AvgIpc) is 4.10. The van der Waals surface area contributed by atoms with Gasteiger partial charge in [-0.05, 0) is 124 Å². The molecular formula is C60H75ClN8O7. The SMILES string of the molecule is CCc1ccc(CN2C(=O)C[C@@H](Cc3ccccc3)C(=O)N(C)[C@H]3CCCC[C@@H]3NC(=O)C[C@H](Cc3ccc(Cl)cc3)N(C)C(=O)[C@H](COC)NC(=O)[C@@H]2C)c(Oc2ccc(-c3cnc(CN4CCCC4)n3C)cc2)c1. The van der Waals surface area contributed by atoms with Gasteiger partial charge in [-0.25, -0.2) is 4.98 Å². The Morgan fingerprint density at radius 1 is 0.737 bits per heavy atom. The normalized spacial score (nSPS) is 22.7. The van der Waals surface area contributed by atoms with Crippen LogP contribution in [-0.4, -0.2) is 130 Å². The number of aromatic nitrogens is 2. The summed E-state index contributed by atoms with van der Waals surface area (Å²) in [6, 6.07) is 27.0. The number of likely N-dealkylation sites (tertiary alicyclic amines) is 1. The van der Waals surface area contributed by atoms with Gasteiger partial charge in [-0.15, -0.1) is 0 Å². The minimum Gasteiger partial charge on any atom is -0.457 e. The van der Waals surface area contributed by atoms with Crippen LogP contribution in [0.2, 0.25) is 5.02 Å². The van der Waals surface area contributed by atoms with Crippen LogP contribution in [0.5, 0.6) is 11.5 Å². The minimum atomic E-state index is -1.17. The van der Waals surface area contributed by atoms with E-state index in [1.54, 1.807) is 38.1 Å². The van der Waals surface area contributed by atoms with E-state index in [0.717, 1.165) is 72.7 Å². The molecule has 3 heterocycles. The number of fused-ring (bicyclic) bond motifs is 1. The maximum absolute atomic E-state index is 15.4. The van der Waals surface area contributed by atoms with Crippen molar-refractivity contribution in [3.8, 4) is 22.8 Å². The first kappa shape index (κ1) is 55.7. The van der Waals surface area contributed by atoms with Crippen LogP contribution in [0.4, 0.5) is 0 Å². The highest BCUT2D eigenvalue weighted by Gasteiger charge is 2.39. The number of nitrogens with one attached hydrogen (secondary N) is 2. The van der Waals surface area contributed by atoms with Crippen LogP contribution in [0.15, 0.2) is 103 Å². The third-order valence-electron chi connectivity index (χ3n) is 15.7. The Labute approximate surface area is 453 Å². The second kappa shape index (κ2) is 26.0. The van der Waals surface area contributed by atoms with Crippen molar-refractivity contribution >= 4 is 41.1 Å². The molecule has 404 valence electrons. The Hall–Kier alpha value is -6.55. The number of rotatable bonds is 14. The molecule has 1 saturated carbocycles. The van der Waals surface area contributed by atoms with E-state index in [1.165, 1.54) is 29.8 Å². The number of amides is 5. The van der Waals surface area contributed by atoms with Crippen LogP contribution < -0.4 is 15.4 Å². The summed E-state index contributed by atoms with van der Waals surface area (Å²) in [7, 11) is 6.90. The number of imidazole rings is 1. The molecule has 1 aromatic heterocycles. The number of hydrogen-bond donors (Lipinski definition) is 2. The molecule has 5 aromatic rings. The zero-order valence-corrected chi connectivity index (χ0v) is 45.8. The van der Waals surface area contributed by atoms with Crippen LogP contribution in [0, 0.1) is 5.92 Å². The van der Waals surface area contributed by atoms with Gasteiger partial charge in [-0.1, -0.05) is 86.0 Å². The molecule has 5 amide bonds. The molecule has 0 unspecified atom stereocenters. The van der Waals surface area contributed by atoms with Gasteiger partial charge in [0.15, 0.2) is 0 Å². The molecule has 8 rings (SSSR count). The molecule has 1 aliphatic carbocycles. The quantitative estimate of drug-likeness (QED) is 0.112. The topological polar surface area (TPSA) is 159 Å². The number of methoxy groups -OCH3 is 1. The molecule has 0 spiro atoms. The van der Waals surface area contributed by atoms with E-state index in [0.29, 0.717) is 41.3 Å². The lowest BCUT2D eigenvalue weighted by Crippen LogP contribution is -2.58. The first-order chi connectivity index (χ1) is 36.7. The van der Waals surface area contributed by atoms with Crippen LogP contribution in [0.1, 0.15) is 93.3 Å². The largest absolute Gasteiger partial charge is 0.457 e. The fraction of sp³-hybridized carbons (Fsp3) is 0.467. The number of ether oxygens (including phenoxy) is 2. The fourth-order valence-electron chi connectivity index (χ4n) is 11.1. The van der Waals surface area contributed by atoms with Crippen molar-refractivity contribution in [2.45, 2.75) is 128 Å². The van der Waals surface area contributed by atoms with Crippen molar-refractivity contribution in [3.63, 3.8) is 0 Å². The van der Waals surface area contributed by atoms with Gasteiger partial charge in [0.2, 0.25) is 29.5 Å². The average molecular weight is 1060 g/mol. The summed E-state index contributed by atoms with van der Waals surface area (Å²) in [6.07, 6.45) is 8.47. The lowest BCUT2D eigenvalue weighted by molar-refractivity contribution is -0.147. The predicted molar refractivity (Wildman–Crippen MR) is 294 cm³/mol. The third kappa shape index (κ3) is 13.9. The summed E-state index contributed by atoms with van der Waals surface area (Å²) in [4.78, 5) is 86.1. The standard InChI is InChI=1S/C60H75ClN8O7/c1-7-41-19-22-45(54(33-41)76-49-27-23-44(24-28-49)53-36-62-55(66(53)4)38-68-29-13-14-30-68)37-69-40(2)58(72)64-51(39-75-6)60(74)65(3)48(32-43-20-25-47(61)26-21-43)35-56(70)63-50-17-11-12-18-52(50)67(5)59(73)46(34-57(69)71)31-42-15-9-8-10-16-42/h8-10,15-16,19-28,33,36,40,46,48,50-52H,7,11-14,17-18,29-32,34-35,37-39H2,1-6H3,(H,63,70)(H,64,72)/t40-,46+,48-,50-,51-,52-/m0/s1. The molecule has 0 radical (unpaired) electrons. The van der Waals surface area contributed by atoms with E-state index >= 15 is 9.59 Å². The van der Waals surface area contributed by atoms with E-state index in [-0.39, 0.29) is 56.3 Å². The van der Waals surface area contributed by atoms with Gasteiger partial charge in [0.1, 0.15) is 29.4 Å². The molecule has 3 fully saturated rings. The molecule has 16 heteroatoms. The van der Waals surface area contributed by atoms with Crippen LogP contribution in [-0.2, 0) is 68.1 Å². The van der Waals surface area contributed by atoms with E-state index in [9.17, 15) is 14.4 Å². The summed E-state index contributed by atoms with van der Waals surface area (Å²) < 4.78 is 14.4. The smallest absolute Gasteiger partial charge is 0.247 e. The number of carbonyl (C=O) groups excluding carboxylic acids is 5. The maximum Gasteiger partial charge on any atom is 0.247 e. The van der Waals surface area contributed by atoms with Gasteiger partial charge in [-0.2, -0.15) is 0 Å². The molecule has 6 atom stereocenters. The van der Waals surface area contributed by atoms with Crippen molar-refractivity contribution in [1.29, 1.82) is 0 Å². The summed E-state index contributed by atoms with van der Waals surface area (Å²) in [5.41, 5.74) is 5.40. The molecule has 4 aromatic carbocycles.